The molecule has 2 aromatic carbocycles. The van der Waals surface area contributed by atoms with E-state index in [1.165, 1.54) is 38.5 Å². The maximum Gasteiger partial charge on any atom is 0.281 e. The van der Waals surface area contributed by atoms with Gasteiger partial charge in [-0.15, -0.1) is 0 Å². The molecule has 28 heavy (non-hydrogen) atoms. The molecule has 0 aromatic heterocycles. The summed E-state index contributed by atoms with van der Waals surface area (Å²) in [4.78, 5) is 32.1. The van der Waals surface area contributed by atoms with Crippen molar-refractivity contribution >= 4 is 23.2 Å². The Morgan fingerprint density at radius 1 is 1.07 bits per heavy atom. The fraction of sp³-hybridized carbons (Fsp3) is 0.250. The van der Waals surface area contributed by atoms with E-state index in [9.17, 15) is 14.0 Å². The molecule has 7 nitrogen and oxygen atoms in total. The maximum atomic E-state index is 13.2. The van der Waals surface area contributed by atoms with Gasteiger partial charge in [0.25, 0.3) is 5.91 Å². The number of amides is 2. The lowest BCUT2D eigenvalue weighted by molar-refractivity contribution is -0.136. The summed E-state index contributed by atoms with van der Waals surface area (Å²) in [6.07, 6.45) is -0.0404. The number of ether oxygens (including phenoxy) is 2. The van der Waals surface area contributed by atoms with Gasteiger partial charge in [-0.25, -0.2) is 9.29 Å². The number of imide groups is 1. The van der Waals surface area contributed by atoms with Crippen molar-refractivity contribution < 1.29 is 28.3 Å². The quantitative estimate of drug-likeness (QED) is 0.758. The molecule has 0 N–H and O–H groups in total. The van der Waals surface area contributed by atoms with Crippen LogP contribution in [0, 0.1) is 5.82 Å². The molecule has 0 bridgehead atoms. The Hall–Kier alpha value is -3.42. The van der Waals surface area contributed by atoms with E-state index < -0.39 is 23.2 Å². The van der Waals surface area contributed by atoms with Crippen LogP contribution < -0.4 is 14.4 Å². The molecule has 0 saturated carbocycles. The number of nitrogens with zero attached hydrogens (tertiary/aromatic N) is 2. The molecular weight excluding hydrogens is 367 g/mol. The Morgan fingerprint density at radius 3 is 2.50 bits per heavy atom. The Labute approximate surface area is 160 Å². The van der Waals surface area contributed by atoms with Gasteiger partial charge in [0.2, 0.25) is 11.5 Å². The van der Waals surface area contributed by atoms with Gasteiger partial charge < -0.3 is 14.3 Å². The third-order valence-electron chi connectivity index (χ3n) is 4.86. The number of rotatable bonds is 4. The van der Waals surface area contributed by atoms with Crippen molar-refractivity contribution in [3.05, 3.63) is 53.8 Å². The van der Waals surface area contributed by atoms with Crippen LogP contribution in [0.4, 0.5) is 10.1 Å². The summed E-state index contributed by atoms with van der Waals surface area (Å²) in [6, 6.07) is 10.4. The van der Waals surface area contributed by atoms with Gasteiger partial charge in [-0.05, 0) is 36.4 Å². The molecule has 1 atom stereocenters. The van der Waals surface area contributed by atoms with Gasteiger partial charge in [0.15, 0.2) is 11.5 Å². The fourth-order valence-electron chi connectivity index (χ4n) is 3.51. The Bertz CT molecular complexity index is 989. The van der Waals surface area contributed by atoms with E-state index in [2.05, 4.69) is 5.16 Å². The van der Waals surface area contributed by atoms with Crippen LogP contribution in [0.5, 0.6) is 11.5 Å². The second-order valence-electron chi connectivity index (χ2n) is 6.53. The van der Waals surface area contributed by atoms with Gasteiger partial charge in [0.05, 0.1) is 32.0 Å². The van der Waals surface area contributed by atoms with Crippen molar-refractivity contribution in [1.29, 1.82) is 0 Å². The van der Waals surface area contributed by atoms with Crippen LogP contribution in [0.3, 0.4) is 0 Å². The van der Waals surface area contributed by atoms with E-state index in [1.54, 1.807) is 18.2 Å². The Morgan fingerprint density at radius 2 is 1.82 bits per heavy atom. The van der Waals surface area contributed by atoms with Gasteiger partial charge in [-0.2, -0.15) is 0 Å². The number of benzene rings is 2. The average molecular weight is 384 g/mol. The number of para-hydroxylation sites is 1. The van der Waals surface area contributed by atoms with Crippen molar-refractivity contribution in [1.82, 2.24) is 0 Å². The standard InChI is InChI=1S/C20H17FN2O5/c1-26-16-5-3-4-14(18(16)27-2)15-10-20(28-22-15)11-17(24)23(19(20)25)13-8-6-12(21)7-9-13/h3-9H,10-11H2,1-2H3/t20-/m0/s1. The molecule has 2 aliphatic rings. The van der Waals surface area contributed by atoms with Crippen molar-refractivity contribution in [2.24, 2.45) is 5.16 Å². The van der Waals surface area contributed by atoms with E-state index >= 15 is 0 Å². The minimum atomic E-state index is -1.41. The van der Waals surface area contributed by atoms with E-state index in [1.807, 2.05) is 0 Å². The Kier molecular flexibility index (Phi) is 4.26. The second-order valence-corrected chi connectivity index (χ2v) is 6.53. The highest BCUT2D eigenvalue weighted by atomic mass is 19.1. The first kappa shape index (κ1) is 18.0. The van der Waals surface area contributed by atoms with Crippen LogP contribution in [0.25, 0.3) is 0 Å². The lowest BCUT2D eigenvalue weighted by atomic mass is 9.92. The molecule has 0 radical (unpaired) electrons. The number of hydrogen-bond acceptors (Lipinski definition) is 6. The minimum absolute atomic E-state index is 0.110. The summed E-state index contributed by atoms with van der Waals surface area (Å²) in [5, 5.41) is 4.07. The molecule has 1 spiro atoms. The highest BCUT2D eigenvalue weighted by Gasteiger charge is 2.58. The van der Waals surface area contributed by atoms with E-state index in [0.29, 0.717) is 28.5 Å². The van der Waals surface area contributed by atoms with Crippen molar-refractivity contribution in [3.63, 3.8) is 0 Å². The summed E-state index contributed by atoms with van der Waals surface area (Å²) in [6.45, 7) is 0. The molecule has 2 aromatic rings. The smallest absolute Gasteiger partial charge is 0.281 e. The van der Waals surface area contributed by atoms with Gasteiger partial charge in [-0.3, -0.25) is 9.59 Å². The lowest BCUT2D eigenvalue weighted by Gasteiger charge is -2.19. The lowest BCUT2D eigenvalue weighted by Crippen LogP contribution is -2.40. The first-order valence-corrected chi connectivity index (χ1v) is 8.58. The van der Waals surface area contributed by atoms with Crippen LogP contribution in [0.1, 0.15) is 18.4 Å². The van der Waals surface area contributed by atoms with Gasteiger partial charge in [-0.1, -0.05) is 11.2 Å². The molecule has 144 valence electrons. The number of carbonyl (C=O) groups is 2. The number of anilines is 1. The topological polar surface area (TPSA) is 77.4 Å². The maximum absolute atomic E-state index is 13.2. The zero-order valence-electron chi connectivity index (χ0n) is 15.3. The third kappa shape index (κ3) is 2.69. The van der Waals surface area contributed by atoms with E-state index in [-0.39, 0.29) is 12.8 Å². The van der Waals surface area contributed by atoms with Crippen LogP contribution in [-0.4, -0.2) is 37.3 Å². The predicted molar refractivity (Wildman–Crippen MR) is 98.0 cm³/mol. The molecule has 2 aliphatic heterocycles. The van der Waals surface area contributed by atoms with Gasteiger partial charge >= 0.3 is 0 Å². The number of carbonyl (C=O) groups excluding carboxylic acids is 2. The fourth-order valence-corrected chi connectivity index (χ4v) is 3.51. The highest BCUT2D eigenvalue weighted by Crippen LogP contribution is 2.41. The van der Waals surface area contributed by atoms with Crippen molar-refractivity contribution in [3.8, 4) is 11.5 Å². The number of oxime groups is 1. The predicted octanol–water partition coefficient (Wildman–Crippen LogP) is 2.67. The SMILES string of the molecule is COc1cccc(C2=NO[C@]3(CC(=O)N(c4ccc(F)cc4)C3=O)C2)c1OC. The monoisotopic (exact) mass is 384 g/mol. The molecule has 8 heteroatoms. The van der Waals surface area contributed by atoms with Crippen molar-refractivity contribution in [2.45, 2.75) is 18.4 Å². The van der Waals surface area contributed by atoms with Crippen LogP contribution in [0.2, 0.25) is 0 Å². The number of halogens is 1. The first-order chi connectivity index (χ1) is 13.5. The Balaban J connectivity index is 1.64. The normalized spacial score (nSPS) is 21.1. The van der Waals surface area contributed by atoms with Crippen molar-refractivity contribution in [2.75, 3.05) is 19.1 Å². The summed E-state index contributed by atoms with van der Waals surface area (Å²) in [7, 11) is 3.03. The zero-order chi connectivity index (χ0) is 19.9. The molecule has 2 amide bonds. The summed E-state index contributed by atoms with van der Waals surface area (Å²) in [5.41, 5.74) is -0.00382. The molecule has 4 rings (SSSR count). The molecule has 0 aliphatic carbocycles. The first-order valence-electron chi connectivity index (χ1n) is 8.58. The van der Waals surface area contributed by atoms with Crippen LogP contribution in [0.15, 0.2) is 47.6 Å². The average Bonchev–Trinajstić information content (AvgIpc) is 3.23. The van der Waals surface area contributed by atoms with E-state index in [0.717, 1.165) is 4.90 Å². The van der Waals surface area contributed by atoms with Gasteiger partial charge in [0.1, 0.15) is 5.82 Å². The van der Waals surface area contributed by atoms with E-state index in [4.69, 9.17) is 14.3 Å². The van der Waals surface area contributed by atoms with Gasteiger partial charge in [0, 0.05) is 12.0 Å². The molecule has 1 fully saturated rings. The zero-order valence-corrected chi connectivity index (χ0v) is 15.3. The number of hydrogen-bond donors (Lipinski definition) is 0. The second kappa shape index (κ2) is 6.63. The summed E-state index contributed by atoms with van der Waals surface area (Å²) >= 11 is 0. The number of methoxy groups -OCH3 is 2. The summed E-state index contributed by atoms with van der Waals surface area (Å²) < 4.78 is 23.9. The molecule has 0 unspecified atom stereocenters. The van der Waals surface area contributed by atoms with Crippen LogP contribution >= 0.6 is 0 Å². The molecule has 1 saturated heterocycles. The third-order valence-corrected chi connectivity index (χ3v) is 4.86. The molecule has 2 heterocycles. The minimum Gasteiger partial charge on any atom is -0.493 e. The largest absolute Gasteiger partial charge is 0.493 e. The summed E-state index contributed by atoms with van der Waals surface area (Å²) in [5.74, 6) is -0.414. The molecular formula is C20H17FN2O5. The highest BCUT2D eigenvalue weighted by molar-refractivity contribution is 6.26. The van der Waals surface area contributed by atoms with Crippen LogP contribution in [-0.2, 0) is 14.4 Å².